The topological polar surface area (TPSA) is 3.24 Å². The van der Waals surface area contributed by atoms with Crippen LogP contribution in [-0.4, -0.2) is 24.5 Å². The molecule has 1 nitrogen and oxygen atoms in total. The molecule has 0 saturated carbocycles. The Morgan fingerprint density at radius 2 is 1.65 bits per heavy atom. The summed E-state index contributed by atoms with van der Waals surface area (Å²) in [6, 6.07) is 8.75. The molecule has 0 aromatic heterocycles. The van der Waals surface area contributed by atoms with Crippen molar-refractivity contribution in [3.8, 4) is 0 Å². The van der Waals surface area contributed by atoms with Crippen LogP contribution in [0.5, 0.6) is 0 Å². The van der Waals surface area contributed by atoms with Crippen LogP contribution in [0.1, 0.15) is 44.2 Å². The van der Waals surface area contributed by atoms with Gasteiger partial charge in [0.2, 0.25) is 0 Å². The molecule has 0 atom stereocenters. The summed E-state index contributed by atoms with van der Waals surface area (Å²) in [6.07, 6.45) is 5.26. The summed E-state index contributed by atoms with van der Waals surface area (Å²) in [4.78, 5) is 2.51. The Kier molecular flexibility index (Phi) is 6.95. The molecule has 0 N–H and O–H groups in total. The number of hydrogen-bond acceptors (Lipinski definition) is 1. The lowest BCUT2D eigenvalue weighted by molar-refractivity contribution is 0.296. The zero-order chi connectivity index (χ0) is 12.5. The van der Waals surface area contributed by atoms with E-state index in [1.807, 2.05) is 0 Å². The summed E-state index contributed by atoms with van der Waals surface area (Å²) >= 11 is 0. The van der Waals surface area contributed by atoms with Crippen LogP contribution in [0.4, 0.5) is 0 Å². The molecule has 0 aliphatic carbocycles. The molecule has 0 heterocycles. The summed E-state index contributed by atoms with van der Waals surface area (Å²) < 4.78 is 0. The first kappa shape index (κ1) is 14.2. The molecule has 0 unspecified atom stereocenters. The van der Waals surface area contributed by atoms with Crippen molar-refractivity contribution in [2.24, 2.45) is 0 Å². The number of rotatable bonds is 8. The van der Waals surface area contributed by atoms with Crippen molar-refractivity contribution in [1.82, 2.24) is 4.90 Å². The van der Waals surface area contributed by atoms with E-state index in [0.29, 0.717) is 0 Å². The minimum absolute atomic E-state index is 1.19. The Morgan fingerprint density at radius 1 is 0.941 bits per heavy atom. The fourth-order valence-electron chi connectivity index (χ4n) is 2.26. The van der Waals surface area contributed by atoms with Crippen LogP contribution in [0.2, 0.25) is 0 Å². The van der Waals surface area contributed by atoms with E-state index in [-0.39, 0.29) is 0 Å². The first-order valence-corrected chi connectivity index (χ1v) is 7.04. The molecule has 0 radical (unpaired) electrons. The van der Waals surface area contributed by atoms with E-state index in [9.17, 15) is 0 Å². The molecule has 0 amide bonds. The first-order valence-electron chi connectivity index (χ1n) is 7.04. The van der Waals surface area contributed by atoms with Gasteiger partial charge in [0.05, 0.1) is 0 Å². The molecular formula is C16H27N. The van der Waals surface area contributed by atoms with Crippen molar-refractivity contribution in [3.63, 3.8) is 0 Å². The van der Waals surface area contributed by atoms with Crippen molar-refractivity contribution in [2.75, 3.05) is 19.6 Å². The number of hydrogen-bond donors (Lipinski definition) is 0. The van der Waals surface area contributed by atoms with Gasteiger partial charge in [-0.2, -0.15) is 0 Å². The van der Waals surface area contributed by atoms with Crippen molar-refractivity contribution in [3.05, 3.63) is 35.4 Å². The van der Waals surface area contributed by atoms with E-state index < -0.39 is 0 Å². The van der Waals surface area contributed by atoms with Crippen LogP contribution < -0.4 is 0 Å². The molecule has 17 heavy (non-hydrogen) atoms. The zero-order valence-corrected chi connectivity index (χ0v) is 11.7. The minimum Gasteiger partial charge on any atom is -0.304 e. The fraction of sp³-hybridized carbons (Fsp3) is 0.625. The Balaban J connectivity index is 2.14. The monoisotopic (exact) mass is 233 g/mol. The lowest BCUT2D eigenvalue weighted by Gasteiger charge is -2.17. The predicted octanol–water partition coefficient (Wildman–Crippen LogP) is 4.05. The second kappa shape index (κ2) is 8.30. The molecule has 1 aromatic rings. The molecule has 0 aliphatic heterocycles. The van der Waals surface area contributed by atoms with Crippen LogP contribution in [-0.2, 0) is 6.42 Å². The summed E-state index contributed by atoms with van der Waals surface area (Å²) in [5, 5.41) is 0. The molecule has 96 valence electrons. The Labute approximate surface area is 107 Å². The third-order valence-electron chi connectivity index (χ3n) is 3.58. The fourth-order valence-corrected chi connectivity index (χ4v) is 2.26. The Hall–Kier alpha value is -0.820. The molecule has 1 rings (SSSR count). The van der Waals surface area contributed by atoms with Crippen molar-refractivity contribution in [1.29, 1.82) is 0 Å². The Bertz CT molecular complexity index is 302. The lowest BCUT2D eigenvalue weighted by atomic mass is 10.0. The van der Waals surface area contributed by atoms with Gasteiger partial charge in [0.1, 0.15) is 0 Å². The maximum absolute atomic E-state index is 2.51. The quantitative estimate of drug-likeness (QED) is 0.612. The highest BCUT2D eigenvalue weighted by Crippen LogP contribution is 2.11. The number of benzene rings is 1. The zero-order valence-electron chi connectivity index (χ0n) is 11.7. The number of unbranched alkanes of at least 4 members (excludes halogenated alkanes) is 2. The van der Waals surface area contributed by atoms with Crippen molar-refractivity contribution < 1.29 is 0 Å². The normalized spacial score (nSPS) is 11.1. The SMILES string of the molecule is CCN(CC)CCCCCc1ccccc1C. The van der Waals surface area contributed by atoms with E-state index in [2.05, 4.69) is 49.9 Å². The average molecular weight is 233 g/mol. The standard InChI is InChI=1S/C16H27N/c1-4-17(5-2)14-10-6-7-12-16-13-9-8-11-15(16)3/h8-9,11,13H,4-7,10,12,14H2,1-3H3. The van der Waals surface area contributed by atoms with Gasteiger partial charge in [0, 0.05) is 0 Å². The van der Waals surface area contributed by atoms with Crippen LogP contribution in [0.3, 0.4) is 0 Å². The van der Waals surface area contributed by atoms with E-state index >= 15 is 0 Å². The van der Waals surface area contributed by atoms with Gasteiger partial charge in [-0.15, -0.1) is 0 Å². The second-order valence-corrected chi connectivity index (χ2v) is 4.76. The lowest BCUT2D eigenvalue weighted by Crippen LogP contribution is -2.23. The van der Waals surface area contributed by atoms with E-state index in [4.69, 9.17) is 0 Å². The number of nitrogens with zero attached hydrogens (tertiary/aromatic N) is 1. The van der Waals surface area contributed by atoms with Gasteiger partial charge in [-0.05, 0) is 56.9 Å². The third kappa shape index (κ3) is 5.36. The van der Waals surface area contributed by atoms with Gasteiger partial charge in [-0.3, -0.25) is 0 Å². The van der Waals surface area contributed by atoms with Crippen LogP contribution in [0.25, 0.3) is 0 Å². The Morgan fingerprint density at radius 3 is 2.29 bits per heavy atom. The first-order chi connectivity index (χ1) is 8.27. The maximum atomic E-state index is 2.51. The van der Waals surface area contributed by atoms with Gasteiger partial charge < -0.3 is 4.90 Å². The summed E-state index contributed by atoms with van der Waals surface area (Å²) in [7, 11) is 0. The van der Waals surface area contributed by atoms with Gasteiger partial charge in [-0.25, -0.2) is 0 Å². The van der Waals surface area contributed by atoms with Crippen LogP contribution in [0.15, 0.2) is 24.3 Å². The highest BCUT2D eigenvalue weighted by atomic mass is 15.1. The highest BCUT2D eigenvalue weighted by molar-refractivity contribution is 5.25. The average Bonchev–Trinajstić information content (AvgIpc) is 2.36. The largest absolute Gasteiger partial charge is 0.304 e. The second-order valence-electron chi connectivity index (χ2n) is 4.76. The summed E-state index contributed by atoms with van der Waals surface area (Å²) in [5.74, 6) is 0. The molecular weight excluding hydrogens is 206 g/mol. The van der Waals surface area contributed by atoms with E-state index in [1.54, 1.807) is 0 Å². The van der Waals surface area contributed by atoms with Crippen LogP contribution >= 0.6 is 0 Å². The number of aryl methyl sites for hydroxylation is 2. The van der Waals surface area contributed by atoms with Gasteiger partial charge in [0.15, 0.2) is 0 Å². The van der Waals surface area contributed by atoms with Gasteiger partial charge in [-0.1, -0.05) is 44.5 Å². The van der Waals surface area contributed by atoms with Crippen molar-refractivity contribution in [2.45, 2.75) is 46.5 Å². The molecule has 0 fully saturated rings. The van der Waals surface area contributed by atoms with Crippen molar-refractivity contribution >= 4 is 0 Å². The minimum atomic E-state index is 1.19. The highest BCUT2D eigenvalue weighted by Gasteiger charge is 1.99. The molecule has 1 heteroatoms. The smallest absolute Gasteiger partial charge is 0.00190 e. The molecule has 0 saturated heterocycles. The molecule has 0 aliphatic rings. The molecule has 0 spiro atoms. The molecule has 1 aromatic carbocycles. The van der Waals surface area contributed by atoms with Gasteiger partial charge in [0.25, 0.3) is 0 Å². The summed E-state index contributed by atoms with van der Waals surface area (Å²) in [5.41, 5.74) is 2.96. The van der Waals surface area contributed by atoms with E-state index in [0.717, 1.165) is 0 Å². The summed E-state index contributed by atoms with van der Waals surface area (Å²) in [6.45, 7) is 10.3. The van der Waals surface area contributed by atoms with Crippen LogP contribution in [0, 0.1) is 6.92 Å². The predicted molar refractivity (Wildman–Crippen MR) is 76.5 cm³/mol. The van der Waals surface area contributed by atoms with Gasteiger partial charge >= 0.3 is 0 Å². The molecule has 0 bridgehead atoms. The van der Waals surface area contributed by atoms with E-state index in [1.165, 1.54) is 56.4 Å². The third-order valence-corrected chi connectivity index (χ3v) is 3.58. The maximum Gasteiger partial charge on any atom is -0.00190 e.